The van der Waals surface area contributed by atoms with Crippen molar-refractivity contribution < 1.29 is 52.3 Å². The van der Waals surface area contributed by atoms with E-state index in [0.29, 0.717) is 0 Å². The van der Waals surface area contributed by atoms with Crippen LogP contribution in [-0.4, -0.2) is 116 Å². The van der Waals surface area contributed by atoms with Crippen LogP contribution in [0.4, 0.5) is 60.5 Å². The van der Waals surface area contributed by atoms with Crippen LogP contribution in [-0.2, 0) is 20.2 Å². The summed E-state index contributed by atoms with van der Waals surface area (Å²) in [4.78, 5) is 39.9. The first-order chi connectivity index (χ1) is 39.2. The van der Waals surface area contributed by atoms with E-state index in [1.165, 1.54) is 0 Å². The topological polar surface area (TPSA) is 227 Å². The van der Waals surface area contributed by atoms with E-state index in [2.05, 4.69) is 44.9 Å². The van der Waals surface area contributed by atoms with Gasteiger partial charge in [0.1, 0.15) is 0 Å². The summed E-state index contributed by atoms with van der Waals surface area (Å²) in [5.41, 5.74) is -0.994. The summed E-state index contributed by atoms with van der Waals surface area (Å²) in [6, 6.07) is 76.2. The van der Waals surface area contributed by atoms with Crippen molar-refractivity contribution in [3.8, 4) is 0 Å². The molecule has 6 aromatic carbocycles. The Morgan fingerprint density at radius 3 is 0.530 bits per heavy atom. The van der Waals surface area contributed by atoms with Crippen LogP contribution < -0.4 is 0 Å². The predicted octanol–water partition coefficient (Wildman–Crippen LogP) is 13.5. The van der Waals surface area contributed by atoms with E-state index < -0.39 is 31.3 Å². The molecule has 420 valence electrons. The van der Waals surface area contributed by atoms with Crippen molar-refractivity contribution in [2.45, 2.75) is 11.0 Å². The van der Waals surface area contributed by atoms with Crippen molar-refractivity contribution in [1.82, 2.24) is 15.0 Å². The second-order valence-electron chi connectivity index (χ2n) is 15.8. The second kappa shape index (κ2) is 34.4. The van der Waals surface area contributed by atoms with Crippen LogP contribution in [0, 0.1) is 0 Å². The average Bonchev–Trinajstić information content (AvgIpc) is 3.48. The molecule has 9 aromatic rings. The summed E-state index contributed by atoms with van der Waals surface area (Å²) >= 11 is 0. The Morgan fingerprint density at radius 1 is 0.277 bits per heavy atom. The van der Waals surface area contributed by atoms with Crippen molar-refractivity contribution in [2.75, 3.05) is 0 Å². The molecule has 0 unspecified atom stereocenters. The summed E-state index contributed by atoms with van der Waals surface area (Å²) in [5.74, 6) is 0. The number of hydrogen-bond donors (Lipinski definition) is 0. The maximum absolute atomic E-state index is 10.7. The fraction of sp³-hybridized carbons (Fsp3) is 0.0339. The number of para-hydroxylation sites is 6. The van der Waals surface area contributed by atoms with Gasteiger partial charge in [0.05, 0.1) is 106 Å². The number of aliphatic imine (C=N–C) groups is 6. The molecule has 0 aliphatic carbocycles. The van der Waals surface area contributed by atoms with Crippen LogP contribution in [0.1, 0.15) is 34.2 Å². The van der Waals surface area contributed by atoms with Crippen molar-refractivity contribution in [2.24, 2.45) is 30.0 Å². The number of rotatable bonds is 12. The maximum atomic E-state index is 10.7. The van der Waals surface area contributed by atoms with Crippen LogP contribution in [0.2, 0.25) is 0 Å². The first kappa shape index (κ1) is 66.6. The molecule has 0 fully saturated rings. The minimum atomic E-state index is -6.09. The fourth-order valence-electron chi connectivity index (χ4n) is 5.77. The number of nitrogens with zero attached hydrogens (tertiary/aromatic N) is 9. The first-order valence-corrected chi connectivity index (χ1v) is 26.5. The second-order valence-corrected chi connectivity index (χ2v) is 18.6. The molecular weight excluding hydrogens is 1320 g/mol. The molecule has 83 heavy (non-hydrogen) atoms. The van der Waals surface area contributed by atoms with Crippen molar-refractivity contribution >= 4 is 119 Å². The quantitative estimate of drug-likeness (QED) is 0.0372. The van der Waals surface area contributed by atoms with Gasteiger partial charge in [0.2, 0.25) is 0 Å². The summed E-state index contributed by atoms with van der Waals surface area (Å²) in [6.45, 7) is 0. The van der Waals surface area contributed by atoms with Gasteiger partial charge in [0.15, 0.2) is 20.2 Å². The van der Waals surface area contributed by atoms with Crippen LogP contribution in [0.5, 0.6) is 0 Å². The van der Waals surface area contributed by atoms with Gasteiger partial charge in [-0.2, -0.15) is 26.3 Å². The van der Waals surface area contributed by atoms with Gasteiger partial charge in [-0.3, -0.25) is 30.0 Å². The zero-order chi connectivity index (χ0) is 59.1. The number of alkyl halides is 6. The van der Waals surface area contributed by atoms with Gasteiger partial charge in [-0.15, -0.1) is 0 Å². The molecule has 0 N–H and O–H groups in total. The Hall–Kier alpha value is -8.89. The van der Waals surface area contributed by atoms with Gasteiger partial charge >= 0.3 is 38.3 Å². The van der Waals surface area contributed by atoms with Gasteiger partial charge in [0.25, 0.3) is 0 Å². The SMILES string of the molecule is C(=Nc1ccccc1)c1cccc(C=Nc2ccccc2)n1.C(=Nc1ccccc1)c1cccc(C=Nc2ccccc2)n1.C(=Nc1ccccc1)c1cccc(C=Nc2ccccc2)n1.O=S(=O)([O-])C(F)(F)F.O=S(=O)([O-])C(F)(F)F.[Pb+2]. The summed E-state index contributed by atoms with van der Waals surface area (Å²) in [7, 11) is -12.2. The molecule has 0 aliphatic rings. The van der Waals surface area contributed by atoms with Crippen molar-refractivity contribution in [3.63, 3.8) is 0 Å². The van der Waals surface area contributed by atoms with Crippen LogP contribution >= 0.6 is 0 Å². The van der Waals surface area contributed by atoms with Gasteiger partial charge in [-0.1, -0.05) is 127 Å². The zero-order valence-corrected chi connectivity index (χ0v) is 48.6. The normalized spacial score (nSPS) is 11.7. The smallest absolute Gasteiger partial charge is 0.741 e. The molecule has 0 atom stereocenters. The molecule has 15 nitrogen and oxygen atoms in total. The molecule has 0 amide bonds. The van der Waals surface area contributed by atoms with Crippen LogP contribution in [0.15, 0.2) is 267 Å². The Kier molecular flexibility index (Phi) is 27.6. The van der Waals surface area contributed by atoms with Crippen molar-refractivity contribution in [3.05, 3.63) is 271 Å². The van der Waals surface area contributed by atoms with Crippen LogP contribution in [0.25, 0.3) is 0 Å². The molecule has 24 heteroatoms. The Morgan fingerprint density at radius 2 is 0.410 bits per heavy atom. The van der Waals surface area contributed by atoms with Crippen LogP contribution in [0.3, 0.4) is 0 Å². The summed E-state index contributed by atoms with van der Waals surface area (Å²) in [5, 5.41) is 0. The number of aromatic nitrogens is 3. The number of hydrogen-bond acceptors (Lipinski definition) is 15. The zero-order valence-electron chi connectivity index (χ0n) is 43.0. The van der Waals surface area contributed by atoms with E-state index in [1.807, 2.05) is 237 Å². The molecule has 0 saturated carbocycles. The molecule has 3 aromatic heterocycles. The fourth-order valence-corrected chi connectivity index (χ4v) is 5.77. The predicted molar refractivity (Wildman–Crippen MR) is 312 cm³/mol. The van der Waals surface area contributed by atoms with E-state index in [0.717, 1.165) is 68.3 Å². The molecule has 0 bridgehead atoms. The molecule has 9 rings (SSSR count). The Labute approximate surface area is 494 Å². The summed E-state index contributed by atoms with van der Waals surface area (Å²) in [6.07, 6.45) is 10.6. The third-order valence-corrected chi connectivity index (χ3v) is 10.7. The standard InChI is InChI=1S/3C19H15N3.2CHF3O3S.Pb/c3*1-3-8-16(9-4-1)20-14-18-12-7-13-19(22-18)15-21-17-10-5-2-6-11-17;2*2-1(3,4)8(5,6)7;/h3*1-15H;2*(H,5,6,7);/q;;;;;+2/p-2. The van der Waals surface area contributed by atoms with Gasteiger partial charge in [-0.25, -0.2) is 31.8 Å². The van der Waals surface area contributed by atoms with E-state index >= 15 is 0 Å². The largest absolute Gasteiger partial charge is 2.00 e. The Bertz CT molecular complexity index is 3220. The molecule has 0 aliphatic heterocycles. The maximum Gasteiger partial charge on any atom is 2.00 e. The minimum Gasteiger partial charge on any atom is -0.741 e. The third-order valence-electron chi connectivity index (χ3n) is 9.56. The molecule has 0 saturated heterocycles. The monoisotopic (exact) mass is 1360 g/mol. The molecule has 0 spiro atoms. The molecular formula is C59H45F6N9O6PbS2. The first-order valence-electron chi connectivity index (χ1n) is 23.7. The van der Waals surface area contributed by atoms with E-state index in [-0.39, 0.29) is 27.3 Å². The minimum absolute atomic E-state index is 0. The Balaban J connectivity index is 0.000000235. The van der Waals surface area contributed by atoms with E-state index in [1.54, 1.807) is 37.3 Å². The van der Waals surface area contributed by atoms with Crippen molar-refractivity contribution in [1.29, 1.82) is 0 Å². The van der Waals surface area contributed by atoms with E-state index in [4.69, 9.17) is 25.9 Å². The average molecular weight is 1360 g/mol. The van der Waals surface area contributed by atoms with E-state index in [9.17, 15) is 26.3 Å². The summed E-state index contributed by atoms with van der Waals surface area (Å²) < 4.78 is 118. The molecule has 2 radical (unpaired) electrons. The van der Waals surface area contributed by atoms with Gasteiger partial charge in [-0.05, 0) is 109 Å². The number of benzene rings is 6. The third kappa shape index (κ3) is 27.0. The molecule has 3 heterocycles. The van der Waals surface area contributed by atoms with Gasteiger partial charge < -0.3 is 9.11 Å². The van der Waals surface area contributed by atoms with Gasteiger partial charge in [0, 0.05) is 0 Å². The number of pyridine rings is 3. The number of halogens is 6.